The molecule has 1 aliphatic heterocycles. The van der Waals surface area contributed by atoms with E-state index < -0.39 is 0 Å². The summed E-state index contributed by atoms with van der Waals surface area (Å²) in [5.74, 6) is 2.08. The Kier molecular flexibility index (Phi) is 9.86. The number of para-hydroxylation sites is 2. The quantitative estimate of drug-likeness (QED) is 0.156. The fraction of sp³-hybridized carbons (Fsp3) is 0.176. The normalized spacial score (nSPS) is 12.9. The largest absolute Gasteiger partial charge is 0.509 e. The van der Waals surface area contributed by atoms with Gasteiger partial charge in [0.15, 0.2) is 0 Å². The molecule has 0 bridgehead atoms. The summed E-state index contributed by atoms with van der Waals surface area (Å²) in [7, 11) is 0. The molecule has 6 heteroatoms. The summed E-state index contributed by atoms with van der Waals surface area (Å²) in [6, 6.07) is 54.1. The Balaban J connectivity index is 0.00000455. The number of aryl methyl sites for hydroxylation is 1. The third-order valence-electron chi connectivity index (χ3n) is 10.8. The van der Waals surface area contributed by atoms with Crippen LogP contribution in [0.2, 0.25) is 0 Å². The molecule has 0 saturated heterocycles. The Morgan fingerprint density at radius 1 is 0.596 bits per heavy atom. The predicted molar refractivity (Wildman–Crippen MR) is 232 cm³/mol. The van der Waals surface area contributed by atoms with Crippen LogP contribution in [0.1, 0.15) is 58.2 Å². The Morgan fingerprint density at radius 3 is 2.00 bits per heavy atom. The first kappa shape index (κ1) is 38.2. The number of hydrogen-bond acceptors (Lipinski definition) is 4. The third-order valence-corrected chi connectivity index (χ3v) is 10.8. The van der Waals surface area contributed by atoms with Gasteiger partial charge in [-0.3, -0.25) is 0 Å². The standard InChI is InChI=1S/C51H45N4O.Pt/c1-34-15-13-22-45(49(34)35-16-9-8-10-17-35)54-33-53(43-20-11-12-21-44(43)54)38-18-14-19-39(31-38)56-40-24-26-42-41-25-23-36(50(2,3)4)29-46(41)55(47(42)32-40)48-30-37(27-28-52-48)51(5,6)7;/h8-30,33H,1-7H3;/q-3;. The maximum Gasteiger partial charge on any atom is 0.135 e. The van der Waals surface area contributed by atoms with Crippen LogP contribution in [0.3, 0.4) is 0 Å². The van der Waals surface area contributed by atoms with Crippen molar-refractivity contribution in [3.8, 4) is 28.4 Å². The van der Waals surface area contributed by atoms with Crippen LogP contribution >= 0.6 is 0 Å². The van der Waals surface area contributed by atoms with Crippen molar-refractivity contribution in [2.24, 2.45) is 0 Å². The van der Waals surface area contributed by atoms with Crippen LogP contribution in [0.25, 0.3) is 38.8 Å². The molecule has 3 heterocycles. The molecule has 0 N–H and O–H groups in total. The van der Waals surface area contributed by atoms with Gasteiger partial charge in [-0.15, -0.1) is 48.1 Å². The zero-order valence-electron chi connectivity index (χ0n) is 33.4. The molecule has 0 aliphatic carbocycles. The number of hydrogen-bond donors (Lipinski definition) is 0. The number of ether oxygens (including phenoxy) is 1. The van der Waals surface area contributed by atoms with Crippen molar-refractivity contribution in [3.05, 3.63) is 175 Å². The zero-order chi connectivity index (χ0) is 38.8. The van der Waals surface area contributed by atoms with Gasteiger partial charge in [0.1, 0.15) is 5.82 Å². The van der Waals surface area contributed by atoms with Gasteiger partial charge in [0.05, 0.1) is 0 Å². The van der Waals surface area contributed by atoms with E-state index in [1.807, 2.05) is 24.4 Å². The van der Waals surface area contributed by atoms with E-state index in [0.29, 0.717) is 11.5 Å². The topological polar surface area (TPSA) is 33.5 Å². The molecule has 0 amide bonds. The minimum atomic E-state index is -0.0274. The van der Waals surface area contributed by atoms with Crippen LogP contribution in [0, 0.1) is 25.7 Å². The summed E-state index contributed by atoms with van der Waals surface area (Å²) in [6.07, 6.45) is 1.91. The Bertz CT molecular complexity index is 2760. The second-order valence-corrected chi connectivity index (χ2v) is 16.7. The number of fused-ring (bicyclic) bond motifs is 4. The predicted octanol–water partition coefficient (Wildman–Crippen LogP) is 13.5. The SMILES string of the molecule is Cc1cccc(N2[CH-]N(c3[c-]c(Oc4[c-]c5c(cc4)c4ccc(C(C)(C)C)cc4n5-c4cc(C(C)(C)C)ccn4)ccc3)c3ccccc32)c1-c1ccccc1.[Pt]. The first-order valence-corrected chi connectivity index (χ1v) is 19.3. The van der Waals surface area contributed by atoms with E-state index in [0.717, 1.165) is 50.4 Å². The van der Waals surface area contributed by atoms with E-state index in [4.69, 9.17) is 9.72 Å². The molecule has 288 valence electrons. The Morgan fingerprint density at radius 2 is 1.25 bits per heavy atom. The zero-order valence-corrected chi connectivity index (χ0v) is 35.6. The molecule has 2 aromatic heterocycles. The fourth-order valence-corrected chi connectivity index (χ4v) is 7.78. The number of rotatable bonds is 6. The molecule has 57 heavy (non-hydrogen) atoms. The van der Waals surface area contributed by atoms with Crippen molar-refractivity contribution in [1.29, 1.82) is 0 Å². The van der Waals surface area contributed by atoms with Crippen molar-refractivity contribution >= 4 is 44.6 Å². The van der Waals surface area contributed by atoms with Crippen molar-refractivity contribution < 1.29 is 25.8 Å². The molecule has 0 radical (unpaired) electrons. The minimum Gasteiger partial charge on any atom is -0.509 e. The van der Waals surface area contributed by atoms with Crippen LogP contribution < -0.4 is 14.5 Å². The summed E-state index contributed by atoms with van der Waals surface area (Å²) in [6.45, 7) is 17.8. The molecule has 5 nitrogen and oxygen atoms in total. The van der Waals surface area contributed by atoms with Crippen molar-refractivity contribution in [2.75, 3.05) is 9.80 Å². The second kappa shape index (κ2) is 14.7. The van der Waals surface area contributed by atoms with Gasteiger partial charge in [0.2, 0.25) is 0 Å². The van der Waals surface area contributed by atoms with Crippen LogP contribution in [-0.4, -0.2) is 9.55 Å². The van der Waals surface area contributed by atoms with Crippen molar-refractivity contribution in [2.45, 2.75) is 59.3 Å². The van der Waals surface area contributed by atoms with Crippen molar-refractivity contribution in [1.82, 2.24) is 9.55 Å². The number of nitrogens with zero attached hydrogens (tertiary/aromatic N) is 4. The number of pyridine rings is 1. The number of aromatic nitrogens is 2. The van der Waals surface area contributed by atoms with E-state index in [9.17, 15) is 0 Å². The molecule has 0 spiro atoms. The molecule has 0 fully saturated rings. The van der Waals surface area contributed by atoms with Gasteiger partial charge >= 0.3 is 0 Å². The Hall–Kier alpha value is -5.64. The van der Waals surface area contributed by atoms with Crippen LogP contribution in [-0.2, 0) is 31.9 Å². The van der Waals surface area contributed by atoms with Gasteiger partial charge in [-0.05, 0) is 81.8 Å². The fourth-order valence-electron chi connectivity index (χ4n) is 7.78. The summed E-state index contributed by atoms with van der Waals surface area (Å²) in [5, 5.41) is 2.26. The smallest absolute Gasteiger partial charge is 0.135 e. The van der Waals surface area contributed by atoms with E-state index in [-0.39, 0.29) is 31.9 Å². The summed E-state index contributed by atoms with van der Waals surface area (Å²) in [4.78, 5) is 9.38. The average Bonchev–Trinajstić information content (AvgIpc) is 3.73. The maximum absolute atomic E-state index is 6.62. The molecule has 1 aliphatic rings. The minimum absolute atomic E-state index is 0. The van der Waals surface area contributed by atoms with Crippen LogP contribution in [0.4, 0.5) is 22.7 Å². The Labute approximate surface area is 350 Å². The first-order valence-electron chi connectivity index (χ1n) is 19.3. The van der Waals surface area contributed by atoms with Gasteiger partial charge in [-0.25, -0.2) is 4.98 Å². The average molecular weight is 925 g/mol. The van der Waals surface area contributed by atoms with E-state index in [1.165, 1.54) is 27.8 Å². The monoisotopic (exact) mass is 924 g/mol. The molecular formula is C51H45N4OPt-3. The summed E-state index contributed by atoms with van der Waals surface area (Å²) < 4.78 is 8.86. The molecule has 0 atom stereocenters. The van der Waals surface area contributed by atoms with Gasteiger partial charge in [-0.1, -0.05) is 114 Å². The summed E-state index contributed by atoms with van der Waals surface area (Å²) in [5.41, 5.74) is 12.2. The van der Waals surface area contributed by atoms with Crippen molar-refractivity contribution in [3.63, 3.8) is 0 Å². The number of benzene rings is 6. The molecule has 0 saturated carbocycles. The summed E-state index contributed by atoms with van der Waals surface area (Å²) >= 11 is 0. The first-order chi connectivity index (χ1) is 26.9. The van der Waals surface area contributed by atoms with Crippen LogP contribution in [0.5, 0.6) is 11.5 Å². The van der Waals surface area contributed by atoms with E-state index in [1.54, 1.807) is 0 Å². The molecule has 9 rings (SSSR count). The molecular weight excluding hydrogens is 880 g/mol. The van der Waals surface area contributed by atoms with E-state index >= 15 is 0 Å². The van der Waals surface area contributed by atoms with Gasteiger partial charge < -0.3 is 19.1 Å². The van der Waals surface area contributed by atoms with Gasteiger partial charge in [0.25, 0.3) is 0 Å². The van der Waals surface area contributed by atoms with Gasteiger partial charge in [0, 0.05) is 66.9 Å². The maximum atomic E-state index is 6.62. The third kappa shape index (κ3) is 7.04. The van der Waals surface area contributed by atoms with Gasteiger partial charge in [-0.2, -0.15) is 12.1 Å². The number of anilines is 4. The second-order valence-electron chi connectivity index (χ2n) is 16.7. The molecule has 8 aromatic rings. The molecule has 6 aromatic carbocycles. The molecule has 0 unspecified atom stereocenters. The van der Waals surface area contributed by atoms with Crippen LogP contribution in [0.15, 0.2) is 140 Å². The van der Waals surface area contributed by atoms with E-state index in [2.05, 4.69) is 197 Å².